The molecule has 104 valence electrons. The third-order valence-electron chi connectivity index (χ3n) is 4.91. The molecule has 0 spiro atoms. The van der Waals surface area contributed by atoms with Crippen LogP contribution in [0.15, 0.2) is 24.3 Å². The van der Waals surface area contributed by atoms with Crippen molar-refractivity contribution in [2.24, 2.45) is 5.73 Å². The Balaban J connectivity index is 1.69. The number of piperidine rings is 1. The molecule has 3 rings (SSSR count). The van der Waals surface area contributed by atoms with Gasteiger partial charge in [-0.1, -0.05) is 24.3 Å². The molecule has 0 bridgehead atoms. The molecule has 1 heterocycles. The molecule has 19 heavy (non-hydrogen) atoms. The lowest BCUT2D eigenvalue weighted by Crippen LogP contribution is -2.46. The van der Waals surface area contributed by atoms with Crippen LogP contribution in [0.5, 0.6) is 0 Å². The summed E-state index contributed by atoms with van der Waals surface area (Å²) in [6.45, 7) is 3.52. The van der Waals surface area contributed by atoms with Crippen LogP contribution in [-0.4, -0.2) is 30.6 Å². The maximum atomic E-state index is 6.24. The van der Waals surface area contributed by atoms with Gasteiger partial charge in [0.15, 0.2) is 0 Å². The SMILES string of the molecule is CC1CC(NC2CC(N)c3ccccc32)CCN1C. The first kappa shape index (κ1) is 13.1. The summed E-state index contributed by atoms with van der Waals surface area (Å²) in [6, 6.07) is 10.6. The summed E-state index contributed by atoms with van der Waals surface area (Å²) in [7, 11) is 2.22. The standard InChI is InChI=1S/C16H25N3/c1-11-9-12(7-8-19(11)2)18-16-10-15(17)13-5-3-4-6-14(13)16/h3-6,11-12,15-16,18H,7-10,17H2,1-2H3. The van der Waals surface area contributed by atoms with E-state index in [4.69, 9.17) is 5.73 Å². The second kappa shape index (κ2) is 5.23. The first-order chi connectivity index (χ1) is 9.15. The Morgan fingerprint density at radius 2 is 1.95 bits per heavy atom. The fourth-order valence-electron chi connectivity index (χ4n) is 3.56. The molecule has 1 saturated heterocycles. The summed E-state index contributed by atoms with van der Waals surface area (Å²) < 4.78 is 0. The van der Waals surface area contributed by atoms with E-state index in [1.165, 1.54) is 30.5 Å². The number of benzene rings is 1. The van der Waals surface area contributed by atoms with Crippen LogP contribution in [-0.2, 0) is 0 Å². The average molecular weight is 259 g/mol. The van der Waals surface area contributed by atoms with Crippen molar-refractivity contribution in [2.45, 2.75) is 50.4 Å². The highest BCUT2D eigenvalue weighted by Gasteiger charge is 2.31. The van der Waals surface area contributed by atoms with Gasteiger partial charge in [-0.25, -0.2) is 0 Å². The van der Waals surface area contributed by atoms with Crippen molar-refractivity contribution in [1.29, 1.82) is 0 Å². The van der Waals surface area contributed by atoms with Crippen LogP contribution in [0.2, 0.25) is 0 Å². The summed E-state index contributed by atoms with van der Waals surface area (Å²) in [4.78, 5) is 2.45. The summed E-state index contributed by atoms with van der Waals surface area (Å²) in [5.41, 5.74) is 9.00. The third kappa shape index (κ3) is 2.55. The van der Waals surface area contributed by atoms with Crippen LogP contribution in [0.25, 0.3) is 0 Å². The number of hydrogen-bond acceptors (Lipinski definition) is 3. The molecule has 1 aliphatic carbocycles. The minimum absolute atomic E-state index is 0.206. The first-order valence-electron chi connectivity index (χ1n) is 7.46. The maximum Gasteiger partial charge on any atom is 0.0344 e. The molecule has 1 aromatic rings. The van der Waals surface area contributed by atoms with Gasteiger partial charge in [0, 0.05) is 24.2 Å². The van der Waals surface area contributed by atoms with Gasteiger partial charge in [-0.2, -0.15) is 0 Å². The van der Waals surface area contributed by atoms with E-state index in [0.29, 0.717) is 18.1 Å². The monoisotopic (exact) mass is 259 g/mol. The smallest absolute Gasteiger partial charge is 0.0344 e. The van der Waals surface area contributed by atoms with Gasteiger partial charge < -0.3 is 16.0 Å². The van der Waals surface area contributed by atoms with Gasteiger partial charge in [-0.05, 0) is 50.9 Å². The fraction of sp³-hybridized carbons (Fsp3) is 0.625. The van der Waals surface area contributed by atoms with Crippen LogP contribution < -0.4 is 11.1 Å². The van der Waals surface area contributed by atoms with Gasteiger partial charge in [0.2, 0.25) is 0 Å². The molecule has 0 amide bonds. The third-order valence-corrected chi connectivity index (χ3v) is 4.91. The largest absolute Gasteiger partial charge is 0.324 e. The second-order valence-electron chi connectivity index (χ2n) is 6.24. The molecule has 2 aliphatic rings. The molecule has 0 aromatic heterocycles. The number of hydrogen-bond donors (Lipinski definition) is 2. The minimum Gasteiger partial charge on any atom is -0.324 e. The van der Waals surface area contributed by atoms with E-state index >= 15 is 0 Å². The zero-order valence-electron chi connectivity index (χ0n) is 12.0. The molecular weight excluding hydrogens is 234 g/mol. The van der Waals surface area contributed by atoms with Gasteiger partial charge in [0.05, 0.1) is 0 Å². The van der Waals surface area contributed by atoms with Crippen molar-refractivity contribution >= 4 is 0 Å². The molecule has 3 N–H and O–H groups in total. The van der Waals surface area contributed by atoms with E-state index in [2.05, 4.69) is 48.5 Å². The summed E-state index contributed by atoms with van der Waals surface area (Å²) in [5, 5.41) is 3.85. The highest BCUT2D eigenvalue weighted by molar-refractivity contribution is 5.37. The predicted octanol–water partition coefficient (Wildman–Crippen LogP) is 2.20. The van der Waals surface area contributed by atoms with Gasteiger partial charge in [0.25, 0.3) is 0 Å². The van der Waals surface area contributed by atoms with Crippen LogP contribution in [0, 0.1) is 0 Å². The molecule has 0 saturated carbocycles. The zero-order valence-corrected chi connectivity index (χ0v) is 12.0. The van der Waals surface area contributed by atoms with Crippen molar-refractivity contribution < 1.29 is 0 Å². The van der Waals surface area contributed by atoms with E-state index in [9.17, 15) is 0 Å². The summed E-state index contributed by atoms with van der Waals surface area (Å²) in [6.07, 6.45) is 3.53. The number of nitrogens with two attached hydrogens (primary N) is 1. The lowest BCUT2D eigenvalue weighted by atomic mass is 9.97. The van der Waals surface area contributed by atoms with Crippen molar-refractivity contribution in [2.75, 3.05) is 13.6 Å². The first-order valence-corrected chi connectivity index (χ1v) is 7.46. The molecule has 0 radical (unpaired) electrons. The quantitative estimate of drug-likeness (QED) is 0.855. The molecule has 3 nitrogen and oxygen atoms in total. The number of fused-ring (bicyclic) bond motifs is 1. The molecule has 1 aromatic carbocycles. The summed E-state index contributed by atoms with van der Waals surface area (Å²) in [5.74, 6) is 0. The van der Waals surface area contributed by atoms with E-state index in [1.807, 2.05) is 0 Å². The van der Waals surface area contributed by atoms with Gasteiger partial charge in [-0.3, -0.25) is 0 Å². The number of nitrogens with zero attached hydrogens (tertiary/aromatic N) is 1. The lowest BCUT2D eigenvalue weighted by molar-refractivity contribution is 0.161. The minimum atomic E-state index is 0.206. The van der Waals surface area contributed by atoms with Crippen molar-refractivity contribution in [3.05, 3.63) is 35.4 Å². The van der Waals surface area contributed by atoms with Crippen molar-refractivity contribution in [1.82, 2.24) is 10.2 Å². The van der Waals surface area contributed by atoms with Gasteiger partial charge in [0.1, 0.15) is 0 Å². The highest BCUT2D eigenvalue weighted by atomic mass is 15.1. The van der Waals surface area contributed by atoms with E-state index in [1.54, 1.807) is 0 Å². The Morgan fingerprint density at radius 1 is 1.21 bits per heavy atom. The maximum absolute atomic E-state index is 6.24. The molecule has 3 heteroatoms. The molecule has 1 fully saturated rings. The average Bonchev–Trinajstić information content (AvgIpc) is 2.72. The topological polar surface area (TPSA) is 41.3 Å². The van der Waals surface area contributed by atoms with Crippen LogP contribution in [0.4, 0.5) is 0 Å². The second-order valence-corrected chi connectivity index (χ2v) is 6.24. The van der Waals surface area contributed by atoms with Gasteiger partial charge in [-0.15, -0.1) is 0 Å². The Morgan fingerprint density at radius 3 is 2.68 bits per heavy atom. The molecule has 1 aliphatic heterocycles. The van der Waals surface area contributed by atoms with Gasteiger partial charge >= 0.3 is 0 Å². The van der Waals surface area contributed by atoms with Crippen LogP contribution in [0.3, 0.4) is 0 Å². The lowest BCUT2D eigenvalue weighted by Gasteiger charge is -2.36. The highest BCUT2D eigenvalue weighted by Crippen LogP contribution is 2.37. The molecule has 4 unspecified atom stereocenters. The molecule has 4 atom stereocenters. The number of likely N-dealkylation sites (tertiary alicyclic amines) is 1. The Bertz CT molecular complexity index is 445. The molecular formula is C16H25N3. The fourth-order valence-corrected chi connectivity index (χ4v) is 3.56. The van der Waals surface area contributed by atoms with E-state index in [0.717, 1.165) is 6.42 Å². The Labute approximate surface area is 116 Å². The number of rotatable bonds is 2. The van der Waals surface area contributed by atoms with Crippen LogP contribution >= 0.6 is 0 Å². The Kier molecular flexibility index (Phi) is 3.61. The van der Waals surface area contributed by atoms with E-state index in [-0.39, 0.29) is 6.04 Å². The predicted molar refractivity (Wildman–Crippen MR) is 79.0 cm³/mol. The summed E-state index contributed by atoms with van der Waals surface area (Å²) >= 11 is 0. The van der Waals surface area contributed by atoms with Crippen molar-refractivity contribution in [3.63, 3.8) is 0 Å². The number of nitrogens with one attached hydrogen (secondary N) is 1. The van der Waals surface area contributed by atoms with Crippen molar-refractivity contribution in [3.8, 4) is 0 Å². The Hall–Kier alpha value is -0.900. The van der Waals surface area contributed by atoms with Crippen LogP contribution in [0.1, 0.15) is 49.4 Å². The zero-order chi connectivity index (χ0) is 13.4. The van der Waals surface area contributed by atoms with E-state index < -0.39 is 0 Å². The normalized spacial score (nSPS) is 35.3.